The van der Waals surface area contributed by atoms with E-state index in [0.717, 1.165) is 5.82 Å². The van der Waals surface area contributed by atoms with E-state index in [1.807, 2.05) is 0 Å². The lowest BCUT2D eigenvalue weighted by Crippen LogP contribution is -2.32. The van der Waals surface area contributed by atoms with Gasteiger partial charge in [0.15, 0.2) is 0 Å². The maximum atomic E-state index is 2.78. The Labute approximate surface area is 109 Å². The van der Waals surface area contributed by atoms with Gasteiger partial charge in [0.1, 0.15) is 7.28 Å². The molecule has 17 heavy (non-hydrogen) atoms. The summed E-state index contributed by atoms with van der Waals surface area (Å²) in [5, 5.41) is 0.700. The second-order valence-corrected chi connectivity index (χ2v) is 6.59. The highest BCUT2D eigenvalue weighted by Crippen LogP contribution is 2.54. The Balaban J connectivity index is 1.63. The Morgan fingerprint density at radius 3 is 2.29 bits per heavy atom. The number of rotatable bonds is 7. The van der Waals surface area contributed by atoms with Gasteiger partial charge in [0.05, 0.1) is 0 Å². The van der Waals surface area contributed by atoms with E-state index in [2.05, 4.69) is 14.2 Å². The lowest BCUT2D eigenvalue weighted by molar-refractivity contribution is 0.323. The molecule has 0 nitrogen and oxygen atoms in total. The van der Waals surface area contributed by atoms with Crippen molar-refractivity contribution in [3.8, 4) is 0 Å². The van der Waals surface area contributed by atoms with Crippen LogP contribution in [0.3, 0.4) is 0 Å². The van der Waals surface area contributed by atoms with Crippen molar-refractivity contribution in [1.82, 2.24) is 0 Å². The summed E-state index contributed by atoms with van der Waals surface area (Å²) in [5.41, 5.74) is 0. The minimum absolute atomic E-state index is 0.700. The largest absolute Gasteiger partial charge is 0.122 e. The van der Waals surface area contributed by atoms with Crippen molar-refractivity contribution < 1.29 is 0 Å². The molecule has 0 spiro atoms. The molecule has 0 amide bonds. The highest BCUT2D eigenvalue weighted by molar-refractivity contribution is 6.42. The number of fused-ring (bicyclic) bond motifs is 2. The summed E-state index contributed by atoms with van der Waals surface area (Å²) >= 11 is 0. The van der Waals surface area contributed by atoms with Crippen LogP contribution in [0.15, 0.2) is 0 Å². The second kappa shape index (κ2) is 6.85. The van der Waals surface area contributed by atoms with Gasteiger partial charge in [0.25, 0.3) is 0 Å². The van der Waals surface area contributed by atoms with Crippen molar-refractivity contribution in [3.05, 3.63) is 0 Å². The van der Waals surface area contributed by atoms with E-state index in [4.69, 9.17) is 0 Å². The van der Waals surface area contributed by atoms with Crippen LogP contribution < -0.4 is 0 Å². The smallest absolute Gasteiger partial charge is 0.0682 e. The number of unbranched alkanes of at least 4 members (excludes halogenated alkanes) is 5. The fraction of sp³-hybridized carbons (Fsp3) is 1.00. The van der Waals surface area contributed by atoms with Gasteiger partial charge in [-0.25, -0.2) is 0 Å². The first-order valence-corrected chi connectivity index (χ1v) is 8.21. The van der Waals surface area contributed by atoms with Crippen molar-refractivity contribution in [3.63, 3.8) is 0 Å². The Morgan fingerprint density at radius 1 is 0.941 bits per heavy atom. The average molecular weight is 233 g/mol. The third-order valence-corrected chi connectivity index (χ3v) is 5.12. The van der Waals surface area contributed by atoms with E-state index in [-0.39, 0.29) is 0 Å². The Hall–Kier alpha value is 0.0649. The Bertz CT molecular complexity index is 202. The van der Waals surface area contributed by atoms with Crippen molar-refractivity contribution in [2.45, 2.75) is 102 Å². The van der Waals surface area contributed by atoms with Crippen LogP contribution in [0.5, 0.6) is 0 Å². The predicted molar refractivity (Wildman–Crippen MR) is 77.9 cm³/mol. The summed E-state index contributed by atoms with van der Waals surface area (Å²) in [6, 6.07) is 0. The molecule has 0 saturated carbocycles. The van der Waals surface area contributed by atoms with Gasteiger partial charge in [-0.1, -0.05) is 102 Å². The van der Waals surface area contributed by atoms with E-state index in [1.54, 1.807) is 0 Å². The summed E-state index contributed by atoms with van der Waals surface area (Å²) in [6.07, 6.45) is 19.3. The lowest BCUT2D eigenvalue weighted by atomic mass is 9.35. The molecule has 0 aromatic carbocycles. The normalized spacial score (nSPS) is 32.2. The molecule has 2 aliphatic heterocycles. The molecule has 2 heterocycles. The molecule has 0 N–H and O–H groups in total. The third-order valence-electron chi connectivity index (χ3n) is 5.12. The van der Waals surface area contributed by atoms with E-state index in [9.17, 15) is 0 Å². The lowest BCUT2D eigenvalue weighted by Gasteiger charge is -2.45. The summed E-state index contributed by atoms with van der Waals surface area (Å²) in [7, 11) is 2.78. The zero-order chi connectivity index (χ0) is 12.0. The number of hydrogen-bond donors (Lipinski definition) is 0. The highest BCUT2D eigenvalue weighted by Gasteiger charge is 2.39. The van der Waals surface area contributed by atoms with Crippen LogP contribution in [0.4, 0.5) is 0 Å². The van der Waals surface area contributed by atoms with Crippen LogP contribution in [0.25, 0.3) is 0 Å². The van der Waals surface area contributed by atoms with E-state index in [0.29, 0.717) is 5.31 Å². The van der Waals surface area contributed by atoms with Gasteiger partial charge >= 0.3 is 0 Å². The van der Waals surface area contributed by atoms with Crippen LogP contribution in [0.2, 0.25) is 11.1 Å². The van der Waals surface area contributed by atoms with Gasteiger partial charge in [-0.15, -0.1) is 0 Å². The molecule has 2 saturated heterocycles. The molecular formula is C16H30B. The molecule has 1 radical (unpaired) electrons. The van der Waals surface area contributed by atoms with Gasteiger partial charge in [-0.05, 0) is 0 Å². The topological polar surface area (TPSA) is 0 Å². The molecule has 0 aliphatic carbocycles. The minimum Gasteiger partial charge on any atom is -0.0682 e. The predicted octanol–water partition coefficient (Wildman–Crippen LogP) is 5.76. The van der Waals surface area contributed by atoms with Gasteiger partial charge in [-0.3, -0.25) is 0 Å². The summed E-state index contributed by atoms with van der Waals surface area (Å²) in [6.45, 7) is 2.30. The monoisotopic (exact) mass is 233 g/mol. The molecule has 97 valence electrons. The van der Waals surface area contributed by atoms with E-state index in [1.165, 1.54) is 83.5 Å². The van der Waals surface area contributed by atoms with Crippen LogP contribution in [-0.2, 0) is 0 Å². The second-order valence-electron chi connectivity index (χ2n) is 6.59. The summed E-state index contributed by atoms with van der Waals surface area (Å²) in [5.74, 6) is 0.998. The van der Waals surface area contributed by atoms with Crippen molar-refractivity contribution in [2.75, 3.05) is 0 Å². The van der Waals surface area contributed by atoms with Crippen LogP contribution in [0, 0.1) is 0 Å². The van der Waals surface area contributed by atoms with Crippen LogP contribution >= 0.6 is 0 Å². The zero-order valence-corrected chi connectivity index (χ0v) is 11.8. The SMILES string of the molecule is CCCCCCCCC12[B]C(CCC1)CCC2. The molecule has 2 rings (SSSR count). The first-order valence-electron chi connectivity index (χ1n) is 8.21. The van der Waals surface area contributed by atoms with Crippen molar-refractivity contribution in [2.24, 2.45) is 0 Å². The van der Waals surface area contributed by atoms with E-state index >= 15 is 0 Å². The van der Waals surface area contributed by atoms with Gasteiger partial charge < -0.3 is 0 Å². The highest BCUT2D eigenvalue weighted by atomic mass is 14.3. The van der Waals surface area contributed by atoms with Crippen molar-refractivity contribution >= 4 is 7.28 Å². The average Bonchev–Trinajstić information content (AvgIpc) is 2.34. The number of hydrogen-bond acceptors (Lipinski definition) is 0. The van der Waals surface area contributed by atoms with Gasteiger partial charge in [0, 0.05) is 0 Å². The molecule has 2 bridgehead atoms. The standard InChI is InChI=1S/C16H30B/c1-2-3-4-5-6-7-12-16-13-8-10-15(17-16)11-9-14-16/h15H,2-14H2,1H3. The maximum Gasteiger partial charge on any atom is 0.122 e. The quantitative estimate of drug-likeness (QED) is 0.387. The first kappa shape index (κ1) is 13.5. The van der Waals surface area contributed by atoms with Gasteiger partial charge in [-0.2, -0.15) is 0 Å². The Morgan fingerprint density at radius 2 is 1.59 bits per heavy atom. The summed E-state index contributed by atoms with van der Waals surface area (Å²) in [4.78, 5) is 0. The van der Waals surface area contributed by atoms with Crippen LogP contribution in [0.1, 0.15) is 90.4 Å². The molecule has 0 aromatic heterocycles. The first-order chi connectivity index (χ1) is 8.35. The molecule has 0 aromatic rings. The molecule has 1 heteroatoms. The summed E-state index contributed by atoms with van der Waals surface area (Å²) < 4.78 is 0. The molecule has 2 fully saturated rings. The Kier molecular flexibility index (Phi) is 5.44. The molecule has 2 aliphatic rings. The van der Waals surface area contributed by atoms with Crippen LogP contribution in [-0.4, -0.2) is 7.28 Å². The fourth-order valence-electron chi connectivity index (χ4n) is 4.13. The van der Waals surface area contributed by atoms with E-state index < -0.39 is 0 Å². The molecule has 0 unspecified atom stereocenters. The van der Waals surface area contributed by atoms with Gasteiger partial charge in [0.2, 0.25) is 0 Å². The molecule has 0 atom stereocenters. The minimum atomic E-state index is 0.700. The fourth-order valence-corrected chi connectivity index (χ4v) is 4.13. The molecular weight excluding hydrogens is 203 g/mol. The third kappa shape index (κ3) is 4.03. The zero-order valence-electron chi connectivity index (χ0n) is 11.8. The van der Waals surface area contributed by atoms with Crippen molar-refractivity contribution in [1.29, 1.82) is 0 Å². The maximum absolute atomic E-state index is 2.78.